The highest BCUT2D eigenvalue weighted by molar-refractivity contribution is 14.0. The number of nitrogens with zero attached hydrogens (tertiary/aromatic N) is 4. The van der Waals surface area contributed by atoms with Crippen LogP contribution in [0.15, 0.2) is 4.99 Å². The lowest BCUT2D eigenvalue weighted by Gasteiger charge is -2.37. The van der Waals surface area contributed by atoms with Crippen LogP contribution >= 0.6 is 24.0 Å². The Hall–Kier alpha value is -0.650. The summed E-state index contributed by atoms with van der Waals surface area (Å²) in [7, 11) is 2.12. The quantitative estimate of drug-likeness (QED) is 0.342. The Kier molecular flexibility index (Phi) is 9.54. The maximum Gasteiger partial charge on any atom is 0.251 e. The normalized spacial score (nSPS) is 27.4. The van der Waals surface area contributed by atoms with E-state index in [9.17, 15) is 4.79 Å². The summed E-state index contributed by atoms with van der Waals surface area (Å²) in [6.07, 6.45) is 1.79. The van der Waals surface area contributed by atoms with Gasteiger partial charge in [-0.15, -0.1) is 24.0 Å². The molecule has 8 nitrogen and oxygen atoms in total. The van der Waals surface area contributed by atoms with Gasteiger partial charge in [0.05, 0.1) is 19.3 Å². The third-order valence-corrected chi connectivity index (χ3v) is 5.22. The minimum absolute atomic E-state index is 0. The average molecular weight is 495 g/mol. The number of aliphatic imine (C=N–C) groups is 1. The Morgan fingerprint density at radius 2 is 1.85 bits per heavy atom. The highest BCUT2D eigenvalue weighted by Gasteiger charge is 2.31. The number of morpholine rings is 1. The Balaban J connectivity index is 0.00000261. The number of likely N-dealkylation sites (N-methyl/N-ethyl adjacent to an activating group) is 1. The molecular weight excluding hydrogens is 461 g/mol. The summed E-state index contributed by atoms with van der Waals surface area (Å²) in [5.74, 6) is 1.08. The van der Waals surface area contributed by atoms with Crippen molar-refractivity contribution < 1.29 is 14.3 Å². The molecule has 3 heterocycles. The predicted octanol–water partition coefficient (Wildman–Crippen LogP) is 0.224. The second-order valence-corrected chi connectivity index (χ2v) is 7.26. The summed E-state index contributed by atoms with van der Waals surface area (Å²) in [4.78, 5) is 23.7. The molecule has 0 saturated carbocycles. The summed E-state index contributed by atoms with van der Waals surface area (Å²) >= 11 is 0. The zero-order valence-corrected chi connectivity index (χ0v) is 18.9. The fourth-order valence-electron chi connectivity index (χ4n) is 3.71. The molecule has 2 atom stereocenters. The molecule has 0 aromatic carbocycles. The lowest BCUT2D eigenvalue weighted by atomic mass is 10.2. The van der Waals surface area contributed by atoms with Gasteiger partial charge in [-0.1, -0.05) is 0 Å². The van der Waals surface area contributed by atoms with Gasteiger partial charge < -0.3 is 29.5 Å². The van der Waals surface area contributed by atoms with E-state index in [1.54, 1.807) is 0 Å². The van der Waals surface area contributed by atoms with E-state index >= 15 is 0 Å². The van der Waals surface area contributed by atoms with Crippen molar-refractivity contribution in [3.8, 4) is 0 Å². The number of halogens is 1. The molecule has 0 aromatic rings. The van der Waals surface area contributed by atoms with E-state index in [2.05, 4.69) is 29.1 Å². The number of hydrogen-bond donors (Lipinski definition) is 1. The maximum absolute atomic E-state index is 12.5. The van der Waals surface area contributed by atoms with Gasteiger partial charge in [0.15, 0.2) is 5.96 Å². The molecule has 0 radical (unpaired) electrons. The van der Waals surface area contributed by atoms with E-state index in [-0.39, 0.29) is 42.1 Å². The molecule has 156 valence electrons. The molecule has 9 heteroatoms. The van der Waals surface area contributed by atoms with Crippen LogP contribution in [0.25, 0.3) is 0 Å². The first kappa shape index (κ1) is 22.6. The van der Waals surface area contributed by atoms with Crippen molar-refractivity contribution in [1.29, 1.82) is 0 Å². The third-order valence-electron chi connectivity index (χ3n) is 5.22. The van der Waals surface area contributed by atoms with Crippen molar-refractivity contribution in [2.75, 3.05) is 72.6 Å². The number of ether oxygens (including phenoxy) is 2. The molecule has 3 saturated heterocycles. The number of carbonyl (C=O) groups is 1. The minimum atomic E-state index is -0.219. The second kappa shape index (κ2) is 11.4. The van der Waals surface area contributed by atoms with Crippen LogP contribution in [0.4, 0.5) is 0 Å². The van der Waals surface area contributed by atoms with E-state index in [1.807, 2.05) is 4.90 Å². The summed E-state index contributed by atoms with van der Waals surface area (Å²) in [5, 5.41) is 3.38. The van der Waals surface area contributed by atoms with Crippen molar-refractivity contribution in [3.05, 3.63) is 0 Å². The molecule has 0 aliphatic carbocycles. The van der Waals surface area contributed by atoms with E-state index in [0.29, 0.717) is 13.2 Å². The number of guanidine groups is 1. The lowest BCUT2D eigenvalue weighted by molar-refractivity contribution is -0.142. The van der Waals surface area contributed by atoms with Crippen LogP contribution in [0.3, 0.4) is 0 Å². The number of rotatable bonds is 4. The van der Waals surface area contributed by atoms with Crippen molar-refractivity contribution in [2.45, 2.75) is 32.0 Å². The average Bonchev–Trinajstić information content (AvgIpc) is 3.19. The molecule has 3 rings (SSSR count). The molecule has 1 N–H and O–H groups in total. The first-order valence-corrected chi connectivity index (χ1v) is 9.91. The van der Waals surface area contributed by atoms with Gasteiger partial charge in [0.2, 0.25) is 0 Å². The SMILES string of the molecule is CCNC(=NCC1CN(C)CCO1)N1CCN(C(=O)C2CCCO2)CC1.I. The summed E-state index contributed by atoms with van der Waals surface area (Å²) in [6.45, 7) is 10.0. The van der Waals surface area contributed by atoms with Crippen molar-refractivity contribution in [2.24, 2.45) is 4.99 Å². The van der Waals surface area contributed by atoms with Crippen LogP contribution in [0.1, 0.15) is 19.8 Å². The summed E-state index contributed by atoms with van der Waals surface area (Å²) in [6, 6.07) is 0. The van der Waals surface area contributed by atoms with Crippen LogP contribution < -0.4 is 5.32 Å². The maximum atomic E-state index is 12.5. The van der Waals surface area contributed by atoms with Gasteiger partial charge in [0.25, 0.3) is 5.91 Å². The van der Waals surface area contributed by atoms with Gasteiger partial charge in [-0.25, -0.2) is 0 Å². The van der Waals surface area contributed by atoms with Gasteiger partial charge in [0, 0.05) is 52.4 Å². The van der Waals surface area contributed by atoms with Crippen LogP contribution in [0.2, 0.25) is 0 Å². The molecule has 0 bridgehead atoms. The van der Waals surface area contributed by atoms with Crippen LogP contribution in [0, 0.1) is 0 Å². The molecule has 2 unspecified atom stereocenters. The molecule has 3 aliphatic heterocycles. The minimum Gasteiger partial charge on any atom is -0.374 e. The van der Waals surface area contributed by atoms with E-state index in [4.69, 9.17) is 14.5 Å². The van der Waals surface area contributed by atoms with Crippen LogP contribution in [-0.4, -0.2) is 111 Å². The van der Waals surface area contributed by atoms with Crippen LogP contribution in [-0.2, 0) is 14.3 Å². The fraction of sp³-hybridized carbons (Fsp3) is 0.889. The topological polar surface area (TPSA) is 69.6 Å². The molecule has 27 heavy (non-hydrogen) atoms. The number of nitrogens with one attached hydrogen (secondary N) is 1. The van der Waals surface area contributed by atoms with Crippen LogP contribution in [0.5, 0.6) is 0 Å². The highest BCUT2D eigenvalue weighted by atomic mass is 127. The van der Waals surface area contributed by atoms with E-state index < -0.39 is 0 Å². The molecular formula is C18H34IN5O3. The lowest BCUT2D eigenvalue weighted by Crippen LogP contribution is -2.55. The fourth-order valence-corrected chi connectivity index (χ4v) is 3.71. The molecule has 0 aromatic heterocycles. The van der Waals surface area contributed by atoms with Gasteiger partial charge in [-0.3, -0.25) is 9.79 Å². The van der Waals surface area contributed by atoms with Gasteiger partial charge >= 0.3 is 0 Å². The highest BCUT2D eigenvalue weighted by Crippen LogP contribution is 2.16. The standard InChI is InChI=1S/C18H33N5O3.HI/c1-3-19-18(20-13-15-14-21(2)10-12-25-15)23-8-6-22(7-9-23)17(24)16-5-4-11-26-16;/h15-16H,3-14H2,1-2H3,(H,19,20);1H. The molecule has 1 amide bonds. The second-order valence-electron chi connectivity index (χ2n) is 7.26. The summed E-state index contributed by atoms with van der Waals surface area (Å²) < 4.78 is 11.3. The Labute approximate surface area is 179 Å². The zero-order chi connectivity index (χ0) is 18.4. The Morgan fingerprint density at radius 1 is 1.11 bits per heavy atom. The van der Waals surface area contributed by atoms with Crippen molar-refractivity contribution in [3.63, 3.8) is 0 Å². The number of piperazine rings is 1. The molecule has 3 fully saturated rings. The molecule has 3 aliphatic rings. The first-order valence-electron chi connectivity index (χ1n) is 9.91. The largest absolute Gasteiger partial charge is 0.374 e. The van der Waals surface area contributed by atoms with E-state index in [0.717, 1.165) is 71.2 Å². The Morgan fingerprint density at radius 3 is 2.48 bits per heavy atom. The zero-order valence-electron chi connectivity index (χ0n) is 16.6. The summed E-state index contributed by atoms with van der Waals surface area (Å²) in [5.41, 5.74) is 0. The van der Waals surface area contributed by atoms with E-state index in [1.165, 1.54) is 0 Å². The first-order chi connectivity index (χ1) is 12.7. The predicted molar refractivity (Wildman–Crippen MR) is 116 cm³/mol. The van der Waals surface area contributed by atoms with Gasteiger partial charge in [-0.2, -0.15) is 0 Å². The number of hydrogen-bond acceptors (Lipinski definition) is 5. The molecule has 0 spiro atoms. The van der Waals surface area contributed by atoms with Gasteiger partial charge in [0.1, 0.15) is 6.10 Å². The third kappa shape index (κ3) is 6.43. The van der Waals surface area contributed by atoms with Crippen molar-refractivity contribution >= 4 is 35.8 Å². The van der Waals surface area contributed by atoms with Crippen molar-refractivity contribution in [1.82, 2.24) is 20.0 Å². The Bertz CT molecular complexity index is 493. The smallest absolute Gasteiger partial charge is 0.251 e. The monoisotopic (exact) mass is 495 g/mol. The number of amides is 1. The number of carbonyl (C=O) groups excluding carboxylic acids is 1. The van der Waals surface area contributed by atoms with Gasteiger partial charge in [-0.05, 0) is 26.8 Å².